The Balaban J connectivity index is 3.90. The van der Waals surface area contributed by atoms with Crippen LogP contribution in [0, 0.1) is 4.77 Å². The molecule has 7 heteroatoms. The van der Waals surface area contributed by atoms with Crippen LogP contribution in [-0.4, -0.2) is 20.0 Å². The van der Waals surface area contributed by atoms with Crippen molar-refractivity contribution in [3.05, 3.63) is 25.7 Å². The fourth-order valence-electron chi connectivity index (χ4n) is 1.66. The van der Waals surface area contributed by atoms with Crippen molar-refractivity contribution in [1.29, 1.82) is 0 Å². The van der Waals surface area contributed by atoms with E-state index in [-0.39, 0.29) is 21.5 Å². The lowest BCUT2D eigenvalue weighted by atomic mass is 10.1. The van der Waals surface area contributed by atoms with Crippen molar-refractivity contribution in [3.8, 4) is 0 Å². The highest BCUT2D eigenvalue weighted by Gasteiger charge is 2.23. The van der Waals surface area contributed by atoms with Crippen molar-refractivity contribution in [1.82, 2.24) is 13.7 Å². The van der Waals surface area contributed by atoms with Crippen LogP contribution >= 0.6 is 24.0 Å². The highest BCUT2D eigenvalue weighted by atomic mass is 32.2. The van der Waals surface area contributed by atoms with E-state index in [9.17, 15) is 9.59 Å². The SMILES string of the molecule is CSC(C)n1c(=S)n(C)c(=O)n(C(C)(C)C)c1=O. The van der Waals surface area contributed by atoms with E-state index in [2.05, 4.69) is 0 Å². The lowest BCUT2D eigenvalue weighted by Crippen LogP contribution is -2.51. The highest BCUT2D eigenvalue weighted by molar-refractivity contribution is 7.98. The summed E-state index contributed by atoms with van der Waals surface area (Å²) in [4.78, 5) is 24.6. The third-order valence-corrected chi connectivity index (χ3v) is 4.11. The van der Waals surface area contributed by atoms with Crippen LogP contribution in [0.2, 0.25) is 0 Å². The van der Waals surface area contributed by atoms with Gasteiger partial charge in [0.05, 0.1) is 5.37 Å². The zero-order chi connectivity index (χ0) is 14.2. The molecular formula is C11H19N3O2S2. The third kappa shape index (κ3) is 2.47. The van der Waals surface area contributed by atoms with E-state index >= 15 is 0 Å². The van der Waals surface area contributed by atoms with Crippen LogP contribution in [-0.2, 0) is 12.6 Å². The average molecular weight is 289 g/mol. The number of nitrogens with zero attached hydrogens (tertiary/aromatic N) is 3. The average Bonchev–Trinajstić information content (AvgIpc) is 2.24. The van der Waals surface area contributed by atoms with E-state index in [1.165, 1.54) is 25.5 Å². The first-order valence-electron chi connectivity index (χ1n) is 5.60. The summed E-state index contributed by atoms with van der Waals surface area (Å²) in [6.45, 7) is 7.37. The minimum absolute atomic E-state index is 0.106. The summed E-state index contributed by atoms with van der Waals surface area (Å²) in [6.07, 6.45) is 1.90. The Morgan fingerprint density at radius 2 is 1.72 bits per heavy atom. The van der Waals surface area contributed by atoms with Crippen LogP contribution < -0.4 is 11.4 Å². The summed E-state index contributed by atoms with van der Waals surface area (Å²) in [6, 6.07) is 0. The molecular weight excluding hydrogens is 270 g/mol. The molecule has 0 aliphatic heterocycles. The molecule has 0 saturated heterocycles. The summed E-state index contributed by atoms with van der Waals surface area (Å²) >= 11 is 6.70. The van der Waals surface area contributed by atoms with Crippen molar-refractivity contribution in [2.75, 3.05) is 6.26 Å². The van der Waals surface area contributed by atoms with Crippen molar-refractivity contribution < 1.29 is 0 Å². The number of hydrogen-bond donors (Lipinski definition) is 0. The van der Waals surface area contributed by atoms with Gasteiger partial charge in [-0.3, -0.25) is 9.13 Å². The molecule has 0 amide bonds. The van der Waals surface area contributed by atoms with Crippen molar-refractivity contribution in [3.63, 3.8) is 0 Å². The molecule has 0 spiro atoms. The van der Waals surface area contributed by atoms with Gasteiger partial charge in [-0.25, -0.2) is 14.2 Å². The first-order chi connectivity index (χ1) is 8.12. The highest BCUT2D eigenvalue weighted by Crippen LogP contribution is 2.17. The van der Waals surface area contributed by atoms with Crippen LogP contribution in [0.1, 0.15) is 33.1 Å². The molecule has 0 fully saturated rings. The van der Waals surface area contributed by atoms with Gasteiger partial charge in [0.15, 0.2) is 4.77 Å². The minimum atomic E-state index is -0.575. The fourth-order valence-corrected chi connectivity index (χ4v) is 2.44. The first kappa shape index (κ1) is 15.2. The Bertz CT molecular complexity index is 619. The lowest BCUT2D eigenvalue weighted by molar-refractivity contribution is 0.330. The summed E-state index contributed by atoms with van der Waals surface area (Å²) in [5.41, 5.74) is -1.30. The Morgan fingerprint density at radius 1 is 1.22 bits per heavy atom. The Kier molecular flexibility index (Phi) is 4.27. The summed E-state index contributed by atoms with van der Waals surface area (Å²) in [5.74, 6) is 0. The standard InChI is InChI=1S/C11H19N3O2S2/c1-7(18-6)13-9(16)14(11(2,3)4)8(15)12(5)10(13)17/h7H,1-6H3. The minimum Gasteiger partial charge on any atom is -0.273 e. The molecule has 1 aromatic rings. The van der Waals surface area contributed by atoms with Crippen LogP contribution in [0.3, 0.4) is 0 Å². The molecule has 0 aliphatic rings. The molecule has 1 heterocycles. The molecule has 0 aromatic carbocycles. The predicted molar refractivity (Wildman–Crippen MR) is 78.0 cm³/mol. The molecule has 5 nitrogen and oxygen atoms in total. The van der Waals surface area contributed by atoms with Crippen LogP contribution in [0.5, 0.6) is 0 Å². The molecule has 1 unspecified atom stereocenters. The summed E-state index contributed by atoms with van der Waals surface area (Å²) in [7, 11) is 1.59. The fraction of sp³-hybridized carbons (Fsp3) is 0.727. The third-order valence-electron chi connectivity index (χ3n) is 2.74. The molecule has 1 rings (SSSR count). The molecule has 1 aromatic heterocycles. The van der Waals surface area contributed by atoms with Gasteiger partial charge < -0.3 is 0 Å². The lowest BCUT2D eigenvalue weighted by Gasteiger charge is -2.24. The molecule has 0 bridgehead atoms. The Hall–Kier alpha value is -0.820. The summed E-state index contributed by atoms with van der Waals surface area (Å²) < 4.78 is 4.32. The van der Waals surface area contributed by atoms with E-state index in [0.29, 0.717) is 0 Å². The second-order valence-corrected chi connectivity index (χ2v) is 6.64. The van der Waals surface area contributed by atoms with Crippen molar-refractivity contribution in [2.45, 2.75) is 38.6 Å². The second kappa shape index (κ2) is 5.05. The number of rotatable bonds is 2. The second-order valence-electron chi connectivity index (χ2n) is 5.12. The van der Waals surface area contributed by atoms with E-state index in [1.54, 1.807) is 7.05 Å². The largest absolute Gasteiger partial charge is 0.335 e. The Morgan fingerprint density at radius 3 is 2.11 bits per heavy atom. The van der Waals surface area contributed by atoms with Crippen molar-refractivity contribution >= 4 is 24.0 Å². The van der Waals surface area contributed by atoms with Gasteiger partial charge in [-0.15, -0.1) is 11.8 Å². The number of aromatic nitrogens is 3. The van der Waals surface area contributed by atoms with Gasteiger partial charge in [0.25, 0.3) is 0 Å². The topological polar surface area (TPSA) is 48.9 Å². The predicted octanol–water partition coefficient (Wildman–Crippen LogP) is 1.71. The van der Waals surface area contributed by atoms with Gasteiger partial charge in [0.2, 0.25) is 0 Å². The molecule has 0 N–H and O–H groups in total. The maximum absolute atomic E-state index is 12.4. The molecule has 0 saturated carbocycles. The molecule has 1 atom stereocenters. The maximum Gasteiger partial charge on any atom is 0.335 e. The van der Waals surface area contributed by atoms with E-state index in [4.69, 9.17) is 12.2 Å². The summed E-state index contributed by atoms with van der Waals surface area (Å²) in [5, 5.41) is -0.106. The van der Waals surface area contributed by atoms with E-state index in [1.807, 2.05) is 34.0 Å². The molecule has 0 radical (unpaired) electrons. The van der Waals surface area contributed by atoms with Crippen molar-refractivity contribution in [2.24, 2.45) is 7.05 Å². The van der Waals surface area contributed by atoms with Gasteiger partial charge in [-0.1, -0.05) is 0 Å². The molecule has 102 valence electrons. The molecule has 18 heavy (non-hydrogen) atoms. The van der Waals surface area contributed by atoms with Gasteiger partial charge in [-0.2, -0.15) is 0 Å². The number of thioether (sulfide) groups is 1. The van der Waals surface area contributed by atoms with E-state index < -0.39 is 5.54 Å². The zero-order valence-corrected chi connectivity index (χ0v) is 13.2. The quantitative estimate of drug-likeness (QED) is 0.778. The van der Waals surface area contributed by atoms with Crippen LogP contribution in [0.15, 0.2) is 9.59 Å². The van der Waals surface area contributed by atoms with Gasteiger partial charge >= 0.3 is 11.4 Å². The monoisotopic (exact) mass is 289 g/mol. The number of hydrogen-bond acceptors (Lipinski definition) is 4. The van der Waals surface area contributed by atoms with Crippen LogP contribution in [0.25, 0.3) is 0 Å². The molecule has 0 aliphatic carbocycles. The van der Waals surface area contributed by atoms with E-state index in [0.717, 1.165) is 0 Å². The maximum atomic E-state index is 12.4. The van der Waals surface area contributed by atoms with Gasteiger partial charge in [0, 0.05) is 12.6 Å². The zero-order valence-electron chi connectivity index (χ0n) is 11.6. The van der Waals surface area contributed by atoms with Crippen LogP contribution in [0.4, 0.5) is 0 Å². The Labute approximate surface area is 115 Å². The normalized spacial score (nSPS) is 13.7. The first-order valence-corrected chi connectivity index (χ1v) is 7.30. The van der Waals surface area contributed by atoms with Gasteiger partial charge in [0.1, 0.15) is 0 Å². The smallest absolute Gasteiger partial charge is 0.273 e. The van der Waals surface area contributed by atoms with Gasteiger partial charge in [-0.05, 0) is 46.2 Å².